The van der Waals surface area contributed by atoms with Crippen LogP contribution in [0.15, 0.2) is 91.7 Å². The predicted molar refractivity (Wildman–Crippen MR) is 149 cm³/mol. The molecule has 11 heteroatoms. The van der Waals surface area contributed by atoms with Gasteiger partial charge in [0.15, 0.2) is 4.34 Å². The summed E-state index contributed by atoms with van der Waals surface area (Å²) >= 11 is 9.18. The average Bonchev–Trinajstić information content (AvgIpc) is 3.46. The summed E-state index contributed by atoms with van der Waals surface area (Å²) in [4.78, 5) is 27.8. The zero-order chi connectivity index (χ0) is 26.1. The standard InChI is InChI=1S/C26H16Br2FN3O3S2/c27-17-9-5-14(6-10-17)21-20(22(33)15-7-11-18(28)12-8-15)23(34)24(35)32(21)25-30-31-26(37-25)36-13-16-3-1-2-4-19(16)29/h1-12,21,33H,13H2/b22-20-. The van der Waals surface area contributed by atoms with Gasteiger partial charge in [-0.3, -0.25) is 14.5 Å². The number of Topliss-reactive ketones (excluding diaryl/α,β-unsaturated/α-hetero) is 1. The van der Waals surface area contributed by atoms with E-state index in [1.807, 2.05) is 0 Å². The van der Waals surface area contributed by atoms with Crippen molar-refractivity contribution in [1.29, 1.82) is 0 Å². The molecule has 1 aliphatic rings. The normalized spacial score (nSPS) is 16.9. The Morgan fingerprint density at radius 1 is 0.973 bits per heavy atom. The molecule has 1 fully saturated rings. The molecule has 1 amide bonds. The van der Waals surface area contributed by atoms with Crippen LogP contribution >= 0.6 is 55.0 Å². The number of hydrogen-bond acceptors (Lipinski definition) is 7. The Morgan fingerprint density at radius 2 is 1.62 bits per heavy atom. The molecule has 0 radical (unpaired) electrons. The summed E-state index contributed by atoms with van der Waals surface area (Å²) in [6, 6.07) is 19.5. The van der Waals surface area contributed by atoms with Gasteiger partial charge in [-0.2, -0.15) is 0 Å². The molecule has 6 nitrogen and oxygen atoms in total. The van der Waals surface area contributed by atoms with Crippen molar-refractivity contribution < 1.29 is 19.1 Å². The Hall–Kier alpha value is -2.86. The number of ketones is 1. The fourth-order valence-electron chi connectivity index (χ4n) is 3.87. The first-order valence-corrected chi connectivity index (χ1v) is 14.2. The monoisotopic (exact) mass is 659 g/mol. The van der Waals surface area contributed by atoms with Crippen LogP contribution in [0, 0.1) is 5.82 Å². The van der Waals surface area contributed by atoms with Gasteiger partial charge in [-0.1, -0.05) is 97.4 Å². The van der Waals surface area contributed by atoms with Crippen LogP contribution in [-0.4, -0.2) is 27.0 Å². The second-order valence-electron chi connectivity index (χ2n) is 7.96. The number of aliphatic hydroxyl groups is 1. The number of benzene rings is 3. The number of rotatable bonds is 6. The van der Waals surface area contributed by atoms with E-state index >= 15 is 0 Å². The Balaban J connectivity index is 1.54. The van der Waals surface area contributed by atoms with Gasteiger partial charge in [0, 0.05) is 20.3 Å². The third-order valence-corrected chi connectivity index (χ3v) is 8.82. The molecule has 4 aromatic rings. The molecular weight excluding hydrogens is 645 g/mol. The van der Waals surface area contributed by atoms with Gasteiger partial charge in [0.05, 0.1) is 11.6 Å². The average molecular weight is 661 g/mol. The van der Waals surface area contributed by atoms with Crippen molar-refractivity contribution in [2.75, 3.05) is 4.90 Å². The maximum absolute atomic E-state index is 14.0. The van der Waals surface area contributed by atoms with Crippen molar-refractivity contribution in [2.45, 2.75) is 16.1 Å². The highest BCUT2D eigenvalue weighted by Crippen LogP contribution is 2.44. The van der Waals surface area contributed by atoms with Crippen LogP contribution in [0.2, 0.25) is 0 Å². The van der Waals surface area contributed by atoms with Gasteiger partial charge in [-0.05, 0) is 41.5 Å². The number of thioether (sulfide) groups is 1. The van der Waals surface area contributed by atoms with E-state index in [4.69, 9.17) is 0 Å². The Labute approximate surface area is 236 Å². The quantitative estimate of drug-likeness (QED) is 0.0780. The van der Waals surface area contributed by atoms with E-state index in [9.17, 15) is 19.1 Å². The number of hydrogen-bond donors (Lipinski definition) is 1. The van der Waals surface area contributed by atoms with Gasteiger partial charge in [0.25, 0.3) is 5.78 Å². The molecule has 1 unspecified atom stereocenters. The summed E-state index contributed by atoms with van der Waals surface area (Å²) in [7, 11) is 0. The third kappa shape index (κ3) is 5.26. The number of aliphatic hydroxyl groups excluding tert-OH is 1. The third-order valence-electron chi connectivity index (χ3n) is 5.66. The number of aromatic nitrogens is 2. The lowest BCUT2D eigenvalue weighted by Crippen LogP contribution is -2.29. The molecule has 0 saturated carbocycles. The van der Waals surface area contributed by atoms with Crippen molar-refractivity contribution in [3.8, 4) is 0 Å². The molecule has 1 aromatic heterocycles. The lowest BCUT2D eigenvalue weighted by atomic mass is 9.95. The van der Waals surface area contributed by atoms with E-state index in [0.29, 0.717) is 26.8 Å². The van der Waals surface area contributed by atoms with Crippen molar-refractivity contribution in [1.82, 2.24) is 10.2 Å². The highest BCUT2D eigenvalue weighted by Gasteiger charge is 2.48. The molecule has 0 spiro atoms. The molecule has 0 aliphatic carbocycles. The maximum atomic E-state index is 14.0. The van der Waals surface area contributed by atoms with E-state index in [2.05, 4.69) is 42.1 Å². The molecule has 1 N–H and O–H groups in total. The van der Waals surface area contributed by atoms with E-state index < -0.39 is 17.7 Å². The zero-order valence-electron chi connectivity index (χ0n) is 18.8. The molecule has 3 aromatic carbocycles. The Morgan fingerprint density at radius 3 is 2.30 bits per heavy atom. The summed E-state index contributed by atoms with van der Waals surface area (Å²) in [6.45, 7) is 0. The van der Waals surface area contributed by atoms with Crippen LogP contribution in [0.25, 0.3) is 5.76 Å². The number of halogens is 3. The van der Waals surface area contributed by atoms with Gasteiger partial charge in [0.2, 0.25) is 5.13 Å². The van der Waals surface area contributed by atoms with Crippen LogP contribution < -0.4 is 4.90 Å². The summed E-state index contributed by atoms with van der Waals surface area (Å²) < 4.78 is 16.2. The lowest BCUT2D eigenvalue weighted by molar-refractivity contribution is -0.132. The van der Waals surface area contributed by atoms with Crippen molar-refractivity contribution in [3.63, 3.8) is 0 Å². The molecule has 1 atom stereocenters. The summed E-state index contributed by atoms with van der Waals surface area (Å²) in [5.74, 6) is -1.88. The highest BCUT2D eigenvalue weighted by atomic mass is 79.9. The minimum atomic E-state index is -0.908. The minimum absolute atomic E-state index is 0.0367. The van der Waals surface area contributed by atoms with Gasteiger partial charge >= 0.3 is 5.91 Å². The van der Waals surface area contributed by atoms with Crippen molar-refractivity contribution >= 4 is 77.5 Å². The first kappa shape index (κ1) is 25.8. The van der Waals surface area contributed by atoms with E-state index in [1.165, 1.54) is 22.7 Å². The number of amides is 1. The van der Waals surface area contributed by atoms with Gasteiger partial charge in [-0.15, -0.1) is 10.2 Å². The number of carbonyl (C=O) groups excluding carboxylic acids is 2. The van der Waals surface area contributed by atoms with Gasteiger partial charge in [-0.25, -0.2) is 4.39 Å². The largest absolute Gasteiger partial charge is 0.507 e. The van der Waals surface area contributed by atoms with Crippen LogP contribution in [0.1, 0.15) is 22.7 Å². The van der Waals surface area contributed by atoms with Crippen LogP contribution in [0.4, 0.5) is 9.52 Å². The van der Waals surface area contributed by atoms with Crippen LogP contribution in [0.5, 0.6) is 0 Å². The minimum Gasteiger partial charge on any atom is -0.507 e. The van der Waals surface area contributed by atoms with E-state index in [1.54, 1.807) is 66.7 Å². The van der Waals surface area contributed by atoms with Crippen LogP contribution in [-0.2, 0) is 15.3 Å². The first-order valence-electron chi connectivity index (χ1n) is 10.9. The van der Waals surface area contributed by atoms with Crippen LogP contribution in [0.3, 0.4) is 0 Å². The van der Waals surface area contributed by atoms with Crippen molar-refractivity contribution in [2.24, 2.45) is 0 Å². The van der Waals surface area contributed by atoms with Gasteiger partial charge < -0.3 is 5.11 Å². The topological polar surface area (TPSA) is 83.4 Å². The molecule has 37 heavy (non-hydrogen) atoms. The molecule has 0 bridgehead atoms. The highest BCUT2D eigenvalue weighted by molar-refractivity contribution is 9.10. The lowest BCUT2D eigenvalue weighted by Gasteiger charge is -2.22. The number of carbonyl (C=O) groups is 2. The van der Waals surface area contributed by atoms with Gasteiger partial charge in [0.1, 0.15) is 11.6 Å². The second-order valence-corrected chi connectivity index (χ2v) is 12.0. The number of nitrogens with zero attached hydrogens (tertiary/aromatic N) is 3. The molecule has 186 valence electrons. The maximum Gasteiger partial charge on any atom is 0.301 e. The fourth-order valence-corrected chi connectivity index (χ4v) is 6.25. The molecule has 1 aliphatic heterocycles. The smallest absolute Gasteiger partial charge is 0.301 e. The SMILES string of the molecule is O=C1C(=O)N(c2nnc(SCc3ccccc3F)s2)C(c2ccc(Br)cc2)/C1=C(/O)c1ccc(Br)cc1. The summed E-state index contributed by atoms with van der Waals surface area (Å²) in [6.07, 6.45) is 0. The summed E-state index contributed by atoms with van der Waals surface area (Å²) in [5, 5.41) is 19.7. The first-order chi connectivity index (χ1) is 17.8. The molecule has 1 saturated heterocycles. The predicted octanol–water partition coefficient (Wildman–Crippen LogP) is 7.12. The molecule has 2 heterocycles. The van der Waals surface area contributed by atoms with E-state index in [0.717, 1.165) is 20.3 Å². The summed E-state index contributed by atoms with van der Waals surface area (Å²) in [5.41, 5.74) is 1.51. The fraction of sp³-hybridized carbons (Fsp3) is 0.0769. The zero-order valence-corrected chi connectivity index (χ0v) is 23.6. The number of anilines is 1. The van der Waals surface area contributed by atoms with Crippen molar-refractivity contribution in [3.05, 3.63) is 110 Å². The molecular formula is C26H16Br2FN3O3S2. The molecule has 5 rings (SSSR count). The Bertz CT molecular complexity index is 1520. The second kappa shape index (κ2) is 10.9. The Kier molecular flexibility index (Phi) is 7.57. The van der Waals surface area contributed by atoms with E-state index in [-0.39, 0.29) is 22.3 Å².